The molecule has 1 saturated carbocycles. The van der Waals surface area contributed by atoms with Crippen molar-refractivity contribution >= 4 is 52.5 Å². The van der Waals surface area contributed by atoms with Crippen molar-refractivity contribution in [2.24, 2.45) is 17.8 Å². The molecule has 2 heterocycles. The number of halogens is 2. The van der Waals surface area contributed by atoms with Crippen LogP contribution in [-0.2, 0) is 19.2 Å². The molecule has 0 radical (unpaired) electrons. The van der Waals surface area contributed by atoms with Crippen molar-refractivity contribution < 1.29 is 29.0 Å². The van der Waals surface area contributed by atoms with Crippen LogP contribution in [0.5, 0.6) is 11.5 Å². The number of ether oxygens (including phenoxy) is 1. The zero-order valence-electron chi connectivity index (χ0n) is 20.6. The predicted octanol–water partition coefficient (Wildman–Crippen LogP) is 3.59. The highest BCUT2D eigenvalue weighted by atomic mass is 35.5. The average Bonchev–Trinajstić information content (AvgIpc) is 3.24. The molecule has 3 fully saturated rings. The number of imide groups is 2. The first-order valence-electron chi connectivity index (χ1n) is 12.3. The number of amides is 4. The van der Waals surface area contributed by atoms with Crippen LogP contribution in [0.4, 0.5) is 5.69 Å². The Labute approximate surface area is 228 Å². The molecule has 2 saturated heterocycles. The van der Waals surface area contributed by atoms with Crippen LogP contribution in [0.25, 0.3) is 0 Å². The molecule has 4 amide bonds. The minimum Gasteiger partial charge on any atom is -0.508 e. The van der Waals surface area contributed by atoms with Crippen molar-refractivity contribution in [3.8, 4) is 11.5 Å². The van der Waals surface area contributed by atoms with Crippen molar-refractivity contribution in [2.75, 3.05) is 19.1 Å². The van der Waals surface area contributed by atoms with Crippen molar-refractivity contribution in [2.45, 2.75) is 28.5 Å². The molecule has 0 bridgehead atoms. The molecule has 1 N–H and O–H groups in total. The van der Waals surface area contributed by atoms with Crippen molar-refractivity contribution in [1.82, 2.24) is 4.90 Å². The highest BCUT2D eigenvalue weighted by Crippen LogP contribution is 2.66. The number of methoxy groups -OCH3 is 1. The van der Waals surface area contributed by atoms with E-state index >= 15 is 0 Å². The summed E-state index contributed by atoms with van der Waals surface area (Å²) in [5.74, 6) is -4.99. The van der Waals surface area contributed by atoms with Gasteiger partial charge in [0.1, 0.15) is 11.5 Å². The second kappa shape index (κ2) is 8.32. The molecule has 6 unspecified atom stereocenters. The molecule has 6 atom stereocenters. The lowest BCUT2D eigenvalue weighted by atomic mass is 9.56. The molecule has 8 nitrogen and oxygen atoms in total. The molecule has 2 aliphatic heterocycles. The number of carbonyl (C=O) groups excluding carboxylic acids is 4. The monoisotopic (exact) mass is 554 g/mol. The van der Waals surface area contributed by atoms with Gasteiger partial charge in [-0.15, -0.1) is 23.2 Å². The Morgan fingerprint density at radius 2 is 1.68 bits per heavy atom. The standard InChI is InChI=1S/C28H24Cl2N2O6/c1-31-25(36)27(29)13-19-16(22(28(27,30)26(31)37)18-12-15(38-2)8-11-20(18)33)9-10-17-21(19)24(35)32(23(17)34)14-6-4-3-5-7-14/h3-9,11-12,17,19,21-22,33H,10,13H2,1-2H3. The number of likely N-dealkylation sites (tertiary alicyclic amines) is 1. The van der Waals surface area contributed by atoms with E-state index < -0.39 is 45.2 Å². The van der Waals surface area contributed by atoms with Crippen LogP contribution in [0.3, 0.4) is 0 Å². The summed E-state index contributed by atoms with van der Waals surface area (Å²) in [6, 6.07) is 13.2. The van der Waals surface area contributed by atoms with Gasteiger partial charge in [-0.2, -0.15) is 0 Å². The SMILES string of the molecule is COc1ccc(O)c(C2C3=CCC4C(=O)N(c5ccccc5)C(=O)C4C3CC3(Cl)C(=O)N(C)C(=O)C23Cl)c1. The molecule has 196 valence electrons. The number of rotatable bonds is 3. The van der Waals surface area contributed by atoms with Crippen molar-refractivity contribution in [3.63, 3.8) is 0 Å². The molecule has 2 aromatic rings. The highest BCUT2D eigenvalue weighted by Gasteiger charge is 2.76. The quantitative estimate of drug-likeness (QED) is 0.353. The molecule has 2 aliphatic carbocycles. The number of nitrogens with zero attached hydrogens (tertiary/aromatic N) is 2. The zero-order valence-corrected chi connectivity index (χ0v) is 22.1. The van der Waals surface area contributed by atoms with Gasteiger partial charge in [0.05, 0.1) is 24.6 Å². The molecule has 6 rings (SSSR count). The van der Waals surface area contributed by atoms with Crippen molar-refractivity contribution in [3.05, 3.63) is 65.7 Å². The molecule has 0 spiro atoms. The van der Waals surface area contributed by atoms with Crippen LogP contribution >= 0.6 is 23.2 Å². The van der Waals surface area contributed by atoms with E-state index in [0.29, 0.717) is 17.0 Å². The molecular formula is C28H24Cl2N2O6. The number of allylic oxidation sites excluding steroid dienone is 2. The van der Waals surface area contributed by atoms with Gasteiger partial charge in [0, 0.05) is 18.5 Å². The number of aromatic hydroxyl groups is 1. The first-order valence-corrected chi connectivity index (χ1v) is 13.0. The second-order valence-corrected chi connectivity index (χ2v) is 11.5. The molecule has 38 heavy (non-hydrogen) atoms. The number of hydrogen-bond donors (Lipinski definition) is 1. The van der Waals surface area contributed by atoms with Crippen molar-refractivity contribution in [1.29, 1.82) is 0 Å². The van der Waals surface area contributed by atoms with E-state index in [1.54, 1.807) is 42.5 Å². The largest absolute Gasteiger partial charge is 0.508 e. The highest BCUT2D eigenvalue weighted by molar-refractivity contribution is 6.53. The van der Waals surface area contributed by atoms with E-state index in [9.17, 15) is 24.3 Å². The van der Waals surface area contributed by atoms with Gasteiger partial charge in [-0.1, -0.05) is 29.8 Å². The van der Waals surface area contributed by atoms with Gasteiger partial charge in [0.2, 0.25) is 11.8 Å². The van der Waals surface area contributed by atoms with Gasteiger partial charge in [0.15, 0.2) is 9.75 Å². The minimum absolute atomic E-state index is 0.108. The number of benzene rings is 2. The lowest BCUT2D eigenvalue weighted by Gasteiger charge is -2.50. The summed E-state index contributed by atoms with van der Waals surface area (Å²) in [5, 5.41) is 11.0. The van der Waals surface area contributed by atoms with Crippen LogP contribution in [0.15, 0.2) is 60.2 Å². The smallest absolute Gasteiger partial charge is 0.253 e. The number of phenolic OH excluding ortho intramolecular Hbond substituents is 1. The normalized spacial score (nSPS) is 34.2. The summed E-state index contributed by atoms with van der Waals surface area (Å²) >= 11 is 14.3. The minimum atomic E-state index is -1.97. The van der Waals surface area contributed by atoms with E-state index in [2.05, 4.69) is 0 Å². The molecular weight excluding hydrogens is 531 g/mol. The number of fused-ring (bicyclic) bond motifs is 4. The third-order valence-corrected chi connectivity index (χ3v) is 9.99. The predicted molar refractivity (Wildman–Crippen MR) is 139 cm³/mol. The van der Waals surface area contributed by atoms with Crippen LogP contribution < -0.4 is 9.64 Å². The summed E-state index contributed by atoms with van der Waals surface area (Å²) in [4.78, 5) is 52.7. The Balaban J connectivity index is 1.55. The first-order chi connectivity index (χ1) is 18.1. The van der Waals surface area contributed by atoms with Gasteiger partial charge in [-0.3, -0.25) is 29.0 Å². The van der Waals surface area contributed by atoms with E-state index in [-0.39, 0.29) is 36.0 Å². The maximum Gasteiger partial charge on any atom is 0.253 e. The summed E-state index contributed by atoms with van der Waals surface area (Å²) in [6.07, 6.45) is 1.96. The number of carbonyl (C=O) groups is 4. The lowest BCUT2D eigenvalue weighted by molar-refractivity contribution is -0.138. The van der Waals surface area contributed by atoms with Crippen LogP contribution in [0.1, 0.15) is 24.3 Å². The summed E-state index contributed by atoms with van der Waals surface area (Å²) in [6.45, 7) is 0. The topological polar surface area (TPSA) is 104 Å². The van der Waals surface area contributed by atoms with E-state index in [1.807, 2.05) is 6.08 Å². The summed E-state index contributed by atoms with van der Waals surface area (Å²) < 4.78 is 5.36. The number of anilines is 1. The number of hydrogen-bond acceptors (Lipinski definition) is 6. The van der Waals surface area contributed by atoms with Crippen LogP contribution in [0.2, 0.25) is 0 Å². The molecule has 2 aromatic carbocycles. The van der Waals surface area contributed by atoms with E-state index in [1.165, 1.54) is 25.1 Å². The van der Waals surface area contributed by atoms with Gasteiger partial charge < -0.3 is 9.84 Å². The zero-order chi connectivity index (χ0) is 27.1. The van der Waals surface area contributed by atoms with Gasteiger partial charge in [-0.25, -0.2) is 0 Å². The molecule has 10 heteroatoms. The first kappa shape index (κ1) is 24.9. The van der Waals surface area contributed by atoms with Gasteiger partial charge in [0.25, 0.3) is 11.8 Å². The Morgan fingerprint density at radius 1 is 0.974 bits per heavy atom. The van der Waals surface area contributed by atoms with E-state index in [4.69, 9.17) is 27.9 Å². The third-order valence-electron chi connectivity index (χ3n) is 8.57. The van der Waals surface area contributed by atoms with Gasteiger partial charge >= 0.3 is 0 Å². The number of phenols is 1. The lowest BCUT2D eigenvalue weighted by Crippen LogP contribution is -2.60. The Hall–Kier alpha value is -3.36. The number of para-hydroxylation sites is 1. The number of alkyl halides is 2. The fourth-order valence-corrected chi connectivity index (χ4v) is 7.82. The fraction of sp³-hybridized carbons (Fsp3) is 0.357. The maximum absolute atomic E-state index is 13.9. The summed E-state index contributed by atoms with van der Waals surface area (Å²) in [5.41, 5.74) is 1.33. The van der Waals surface area contributed by atoms with Gasteiger partial charge in [-0.05, 0) is 49.1 Å². The third kappa shape index (κ3) is 2.98. The molecule has 0 aromatic heterocycles. The van der Waals surface area contributed by atoms with Crippen LogP contribution in [0, 0.1) is 17.8 Å². The summed E-state index contributed by atoms with van der Waals surface area (Å²) in [7, 11) is 2.79. The Kier molecular flexibility index (Phi) is 5.46. The fourth-order valence-electron chi connectivity index (χ4n) is 6.81. The van der Waals surface area contributed by atoms with Crippen LogP contribution in [-0.4, -0.2) is 57.5 Å². The average molecular weight is 555 g/mol. The Morgan fingerprint density at radius 3 is 2.37 bits per heavy atom. The maximum atomic E-state index is 13.9. The Bertz CT molecular complexity index is 1440. The second-order valence-electron chi connectivity index (χ2n) is 10.3. The molecule has 4 aliphatic rings. The van der Waals surface area contributed by atoms with E-state index in [0.717, 1.165) is 4.90 Å².